The molecule has 5 nitrogen and oxygen atoms in total. The van der Waals surface area contributed by atoms with Crippen molar-refractivity contribution in [2.24, 2.45) is 0 Å². The highest BCUT2D eigenvalue weighted by molar-refractivity contribution is 7.98. The van der Waals surface area contributed by atoms with Crippen LogP contribution in [-0.2, 0) is 5.75 Å². The summed E-state index contributed by atoms with van der Waals surface area (Å²) in [6.45, 7) is 1.97. The van der Waals surface area contributed by atoms with Crippen molar-refractivity contribution in [2.75, 3.05) is 5.32 Å². The van der Waals surface area contributed by atoms with Crippen LogP contribution in [0.2, 0.25) is 0 Å². The lowest BCUT2D eigenvalue weighted by molar-refractivity contribution is -0.385. The standard InChI is InChI=1S/C21H18N2O3S/c1-15-7-9-17(10-8-15)22-21(24)19-12-11-18(23(25)26)13-20(19)27-14-16-5-3-2-4-6-16/h2-13H,14H2,1H3,(H,22,24). The van der Waals surface area contributed by atoms with Crippen LogP contribution in [0.4, 0.5) is 11.4 Å². The van der Waals surface area contributed by atoms with Crippen LogP contribution in [0.5, 0.6) is 0 Å². The third-order valence-corrected chi connectivity index (χ3v) is 5.09. The Labute approximate surface area is 161 Å². The van der Waals surface area contributed by atoms with Gasteiger partial charge < -0.3 is 5.32 Å². The summed E-state index contributed by atoms with van der Waals surface area (Å²) in [5, 5.41) is 14.0. The molecule has 0 saturated carbocycles. The molecule has 3 aromatic rings. The van der Waals surface area contributed by atoms with Crippen LogP contribution < -0.4 is 5.32 Å². The molecule has 0 fully saturated rings. The molecule has 136 valence electrons. The SMILES string of the molecule is Cc1ccc(NC(=O)c2ccc([N+](=O)[O-])cc2SCc2ccccc2)cc1. The number of hydrogen-bond acceptors (Lipinski definition) is 4. The van der Waals surface area contributed by atoms with Gasteiger partial charge in [-0.3, -0.25) is 14.9 Å². The smallest absolute Gasteiger partial charge is 0.270 e. The number of nitrogens with zero attached hydrogens (tertiary/aromatic N) is 1. The van der Waals surface area contributed by atoms with Gasteiger partial charge in [0.2, 0.25) is 0 Å². The predicted octanol–water partition coefficient (Wildman–Crippen LogP) is 5.45. The van der Waals surface area contributed by atoms with Crippen molar-refractivity contribution in [3.8, 4) is 0 Å². The lowest BCUT2D eigenvalue weighted by atomic mass is 10.1. The van der Waals surface area contributed by atoms with Crippen molar-refractivity contribution < 1.29 is 9.72 Å². The molecule has 3 aromatic carbocycles. The number of benzene rings is 3. The molecule has 1 N–H and O–H groups in total. The maximum absolute atomic E-state index is 12.7. The number of nitrogens with one attached hydrogen (secondary N) is 1. The summed E-state index contributed by atoms with van der Waals surface area (Å²) in [6, 6.07) is 21.6. The van der Waals surface area contributed by atoms with E-state index in [2.05, 4.69) is 5.32 Å². The van der Waals surface area contributed by atoms with Gasteiger partial charge in [-0.05, 0) is 30.7 Å². The lowest BCUT2D eigenvalue weighted by Gasteiger charge is -2.10. The van der Waals surface area contributed by atoms with Crippen molar-refractivity contribution in [3.63, 3.8) is 0 Å². The van der Waals surface area contributed by atoms with E-state index in [0.717, 1.165) is 11.1 Å². The van der Waals surface area contributed by atoms with Crippen LogP contribution in [0.25, 0.3) is 0 Å². The molecule has 0 aliphatic rings. The quantitative estimate of drug-likeness (QED) is 0.352. The number of non-ortho nitro benzene ring substituents is 1. The average molecular weight is 378 g/mol. The summed E-state index contributed by atoms with van der Waals surface area (Å²) in [4.78, 5) is 24.0. The van der Waals surface area contributed by atoms with E-state index >= 15 is 0 Å². The summed E-state index contributed by atoms with van der Waals surface area (Å²) in [7, 11) is 0. The lowest BCUT2D eigenvalue weighted by Crippen LogP contribution is -2.13. The summed E-state index contributed by atoms with van der Waals surface area (Å²) < 4.78 is 0. The van der Waals surface area contributed by atoms with Crippen molar-refractivity contribution in [2.45, 2.75) is 17.6 Å². The van der Waals surface area contributed by atoms with E-state index in [9.17, 15) is 14.9 Å². The number of carbonyl (C=O) groups is 1. The summed E-state index contributed by atoms with van der Waals surface area (Å²) in [5.74, 6) is 0.330. The van der Waals surface area contributed by atoms with Gasteiger partial charge in [0.1, 0.15) is 0 Å². The molecule has 0 atom stereocenters. The molecular formula is C21H18N2O3S. The Kier molecular flexibility index (Phi) is 5.88. The summed E-state index contributed by atoms with van der Waals surface area (Å²) in [6.07, 6.45) is 0. The first-order valence-corrected chi connectivity index (χ1v) is 9.34. The van der Waals surface area contributed by atoms with Crippen LogP contribution >= 0.6 is 11.8 Å². The van der Waals surface area contributed by atoms with Crippen LogP contribution in [-0.4, -0.2) is 10.8 Å². The predicted molar refractivity (Wildman–Crippen MR) is 108 cm³/mol. The maximum Gasteiger partial charge on any atom is 0.270 e. The van der Waals surface area contributed by atoms with Crippen LogP contribution in [0.15, 0.2) is 77.7 Å². The van der Waals surface area contributed by atoms with Gasteiger partial charge in [0.05, 0.1) is 10.5 Å². The van der Waals surface area contributed by atoms with Gasteiger partial charge >= 0.3 is 0 Å². The van der Waals surface area contributed by atoms with Crippen LogP contribution in [0.3, 0.4) is 0 Å². The largest absolute Gasteiger partial charge is 0.322 e. The molecule has 0 unspecified atom stereocenters. The Morgan fingerprint density at radius 1 is 1.04 bits per heavy atom. The minimum Gasteiger partial charge on any atom is -0.322 e. The Morgan fingerprint density at radius 3 is 2.41 bits per heavy atom. The molecule has 1 amide bonds. The van der Waals surface area contributed by atoms with Crippen LogP contribution in [0.1, 0.15) is 21.5 Å². The number of amides is 1. The molecule has 0 saturated heterocycles. The topological polar surface area (TPSA) is 72.2 Å². The number of anilines is 1. The highest BCUT2D eigenvalue weighted by atomic mass is 32.2. The number of aryl methyl sites for hydroxylation is 1. The molecule has 0 bridgehead atoms. The van der Waals surface area contributed by atoms with E-state index in [1.54, 1.807) is 0 Å². The van der Waals surface area contributed by atoms with Gasteiger partial charge in [-0.2, -0.15) is 0 Å². The van der Waals surface area contributed by atoms with E-state index in [4.69, 9.17) is 0 Å². The second-order valence-electron chi connectivity index (χ2n) is 6.03. The second-order valence-corrected chi connectivity index (χ2v) is 7.05. The first-order chi connectivity index (χ1) is 13.0. The van der Waals surface area contributed by atoms with E-state index in [1.165, 1.54) is 30.0 Å². The Morgan fingerprint density at radius 2 is 1.74 bits per heavy atom. The number of carbonyl (C=O) groups excluding carboxylic acids is 1. The van der Waals surface area contributed by atoms with Crippen molar-refractivity contribution in [1.82, 2.24) is 0 Å². The van der Waals surface area contributed by atoms with Crippen LogP contribution in [0, 0.1) is 17.0 Å². The fraction of sp³-hybridized carbons (Fsp3) is 0.0952. The summed E-state index contributed by atoms with van der Waals surface area (Å²) in [5.41, 5.74) is 3.25. The molecule has 0 heterocycles. The Bertz CT molecular complexity index is 957. The number of nitro groups is 1. The van der Waals surface area contributed by atoms with E-state index < -0.39 is 4.92 Å². The minimum absolute atomic E-state index is 0.0301. The van der Waals surface area contributed by atoms with Crippen molar-refractivity contribution in [3.05, 3.63) is 99.6 Å². The zero-order chi connectivity index (χ0) is 19.2. The molecule has 27 heavy (non-hydrogen) atoms. The summed E-state index contributed by atoms with van der Waals surface area (Å²) >= 11 is 1.41. The number of rotatable bonds is 6. The number of hydrogen-bond donors (Lipinski definition) is 1. The normalized spacial score (nSPS) is 10.4. The molecular weight excluding hydrogens is 360 g/mol. The Hall–Kier alpha value is -3.12. The first-order valence-electron chi connectivity index (χ1n) is 8.36. The van der Waals surface area contributed by atoms with Gasteiger partial charge in [-0.15, -0.1) is 11.8 Å². The maximum atomic E-state index is 12.7. The average Bonchev–Trinajstić information content (AvgIpc) is 2.68. The van der Waals surface area contributed by atoms with Gasteiger partial charge in [0.15, 0.2) is 0 Å². The van der Waals surface area contributed by atoms with Crippen molar-refractivity contribution in [1.29, 1.82) is 0 Å². The Balaban J connectivity index is 1.85. The van der Waals surface area contributed by atoms with E-state index in [-0.39, 0.29) is 11.6 Å². The molecule has 0 spiro atoms. The second kappa shape index (κ2) is 8.51. The molecule has 3 rings (SSSR count). The third kappa shape index (κ3) is 4.95. The van der Waals surface area contributed by atoms with Crippen molar-refractivity contribution >= 4 is 29.0 Å². The number of thioether (sulfide) groups is 1. The minimum atomic E-state index is -0.450. The molecule has 0 aliphatic carbocycles. The highest BCUT2D eigenvalue weighted by Gasteiger charge is 2.17. The third-order valence-electron chi connectivity index (χ3n) is 3.97. The van der Waals surface area contributed by atoms with Gasteiger partial charge in [-0.25, -0.2) is 0 Å². The van der Waals surface area contributed by atoms with Gasteiger partial charge in [0, 0.05) is 28.5 Å². The fourth-order valence-electron chi connectivity index (χ4n) is 2.50. The van der Waals surface area contributed by atoms with Gasteiger partial charge in [-0.1, -0.05) is 48.0 Å². The monoisotopic (exact) mass is 378 g/mol. The zero-order valence-electron chi connectivity index (χ0n) is 14.7. The number of nitro benzene ring substituents is 1. The highest BCUT2D eigenvalue weighted by Crippen LogP contribution is 2.30. The van der Waals surface area contributed by atoms with Gasteiger partial charge in [0.25, 0.3) is 11.6 Å². The van der Waals surface area contributed by atoms with E-state index in [0.29, 0.717) is 21.9 Å². The molecule has 0 aromatic heterocycles. The zero-order valence-corrected chi connectivity index (χ0v) is 15.5. The fourth-order valence-corrected chi connectivity index (χ4v) is 3.54. The molecule has 0 radical (unpaired) electrons. The first kappa shape index (κ1) is 18.7. The molecule has 6 heteroatoms. The van der Waals surface area contributed by atoms with E-state index in [1.807, 2.05) is 61.5 Å². The molecule has 0 aliphatic heterocycles.